The number of methoxy groups -OCH3 is 1. The van der Waals surface area contributed by atoms with Gasteiger partial charge in [0.25, 0.3) is 0 Å². The predicted molar refractivity (Wildman–Crippen MR) is 64.3 cm³/mol. The first-order valence-electron chi connectivity index (χ1n) is 6.76. The van der Waals surface area contributed by atoms with Gasteiger partial charge in [-0.3, -0.25) is 4.79 Å². The van der Waals surface area contributed by atoms with Crippen LogP contribution in [0.5, 0.6) is 0 Å². The van der Waals surface area contributed by atoms with E-state index in [-0.39, 0.29) is 0 Å². The van der Waals surface area contributed by atoms with Gasteiger partial charge in [0.1, 0.15) is 5.78 Å². The van der Waals surface area contributed by atoms with E-state index in [1.54, 1.807) is 7.11 Å². The number of rotatable bonds is 2. The van der Waals surface area contributed by atoms with Crippen molar-refractivity contribution in [2.75, 3.05) is 7.11 Å². The van der Waals surface area contributed by atoms with Gasteiger partial charge >= 0.3 is 0 Å². The van der Waals surface area contributed by atoms with Crippen molar-refractivity contribution in [3.8, 4) is 0 Å². The highest BCUT2D eigenvalue weighted by Gasteiger charge is 2.35. The van der Waals surface area contributed by atoms with Crippen LogP contribution in [0.25, 0.3) is 0 Å². The summed E-state index contributed by atoms with van der Waals surface area (Å²) in [6.07, 6.45) is 8.23. The largest absolute Gasteiger partial charge is 0.381 e. The Morgan fingerprint density at radius 2 is 2.00 bits per heavy atom. The zero-order chi connectivity index (χ0) is 11.5. The molecule has 4 atom stereocenters. The van der Waals surface area contributed by atoms with Gasteiger partial charge in [0.05, 0.1) is 6.10 Å². The summed E-state index contributed by atoms with van der Waals surface area (Å²) in [4.78, 5) is 12.0. The molecule has 0 amide bonds. The molecule has 2 fully saturated rings. The van der Waals surface area contributed by atoms with Crippen LogP contribution in [0.2, 0.25) is 0 Å². The topological polar surface area (TPSA) is 26.3 Å². The van der Waals surface area contributed by atoms with Gasteiger partial charge in [0.15, 0.2) is 0 Å². The second kappa shape index (κ2) is 5.31. The minimum atomic E-state index is 0.349. The van der Waals surface area contributed by atoms with Crippen LogP contribution in [0.4, 0.5) is 0 Å². The van der Waals surface area contributed by atoms with E-state index in [4.69, 9.17) is 4.74 Å². The first-order valence-corrected chi connectivity index (χ1v) is 6.76. The van der Waals surface area contributed by atoms with Crippen LogP contribution in [-0.4, -0.2) is 19.0 Å². The van der Waals surface area contributed by atoms with Crippen molar-refractivity contribution in [3.63, 3.8) is 0 Å². The molecule has 92 valence electrons. The van der Waals surface area contributed by atoms with Crippen LogP contribution in [0.3, 0.4) is 0 Å². The second-order valence-corrected chi connectivity index (χ2v) is 5.74. The van der Waals surface area contributed by atoms with Crippen molar-refractivity contribution in [1.29, 1.82) is 0 Å². The van der Waals surface area contributed by atoms with E-state index in [1.807, 2.05) is 0 Å². The van der Waals surface area contributed by atoms with Crippen molar-refractivity contribution < 1.29 is 9.53 Å². The lowest BCUT2D eigenvalue weighted by Gasteiger charge is -2.36. The smallest absolute Gasteiger partial charge is 0.136 e. The van der Waals surface area contributed by atoms with Gasteiger partial charge in [0.2, 0.25) is 0 Å². The summed E-state index contributed by atoms with van der Waals surface area (Å²) >= 11 is 0. The maximum atomic E-state index is 12.0. The Morgan fingerprint density at radius 1 is 1.19 bits per heavy atom. The summed E-state index contributed by atoms with van der Waals surface area (Å²) in [6, 6.07) is 0. The first-order chi connectivity index (χ1) is 7.70. The summed E-state index contributed by atoms with van der Waals surface area (Å²) in [6.45, 7) is 2.29. The van der Waals surface area contributed by atoms with Crippen LogP contribution < -0.4 is 0 Å². The van der Waals surface area contributed by atoms with Gasteiger partial charge < -0.3 is 4.74 Å². The van der Waals surface area contributed by atoms with E-state index in [0.29, 0.717) is 23.7 Å². The van der Waals surface area contributed by atoms with Gasteiger partial charge in [-0.2, -0.15) is 0 Å². The molecule has 0 saturated heterocycles. The molecule has 0 aromatic rings. The summed E-state index contributed by atoms with van der Waals surface area (Å²) in [7, 11) is 1.80. The van der Waals surface area contributed by atoms with Crippen LogP contribution >= 0.6 is 0 Å². The van der Waals surface area contributed by atoms with Gasteiger partial charge in [-0.15, -0.1) is 0 Å². The monoisotopic (exact) mass is 224 g/mol. The molecule has 2 heteroatoms. The van der Waals surface area contributed by atoms with Crippen molar-refractivity contribution >= 4 is 5.78 Å². The van der Waals surface area contributed by atoms with E-state index >= 15 is 0 Å². The van der Waals surface area contributed by atoms with Crippen LogP contribution in [0.15, 0.2) is 0 Å². The third-order valence-corrected chi connectivity index (χ3v) is 4.52. The molecule has 0 heterocycles. The molecule has 0 bridgehead atoms. The molecule has 4 unspecified atom stereocenters. The molecular weight excluding hydrogens is 200 g/mol. The molecule has 2 rings (SSSR count). The molecule has 0 radical (unpaired) electrons. The first kappa shape index (κ1) is 12.1. The fraction of sp³-hybridized carbons (Fsp3) is 0.929. The van der Waals surface area contributed by atoms with Gasteiger partial charge in [-0.25, -0.2) is 0 Å². The van der Waals surface area contributed by atoms with E-state index < -0.39 is 0 Å². The lowest BCUT2D eigenvalue weighted by atomic mass is 9.69. The van der Waals surface area contributed by atoms with Crippen LogP contribution in [-0.2, 0) is 9.53 Å². The Morgan fingerprint density at radius 3 is 2.75 bits per heavy atom. The number of Topliss-reactive ketones (excluding diaryl/α,β-unsaturated/α-hetero) is 1. The molecular formula is C14H24O2. The average molecular weight is 224 g/mol. The van der Waals surface area contributed by atoms with Crippen molar-refractivity contribution in [2.45, 2.75) is 58.0 Å². The molecule has 0 spiro atoms. The molecule has 2 aliphatic carbocycles. The molecule has 0 aromatic carbocycles. The SMILES string of the molecule is COC1CCCC(C2CC(C)CCC2=O)C1. The lowest BCUT2D eigenvalue weighted by molar-refractivity contribution is -0.128. The van der Waals surface area contributed by atoms with Gasteiger partial charge in [-0.05, 0) is 43.9 Å². The maximum absolute atomic E-state index is 12.0. The van der Waals surface area contributed by atoms with E-state index in [9.17, 15) is 4.79 Å². The molecule has 16 heavy (non-hydrogen) atoms. The van der Waals surface area contributed by atoms with E-state index in [1.165, 1.54) is 19.3 Å². The summed E-state index contributed by atoms with van der Waals surface area (Å²) in [5, 5.41) is 0. The summed E-state index contributed by atoms with van der Waals surface area (Å²) in [5.74, 6) is 2.22. The van der Waals surface area contributed by atoms with Crippen LogP contribution in [0, 0.1) is 17.8 Å². The normalized spacial score (nSPS) is 41.0. The highest BCUT2D eigenvalue weighted by atomic mass is 16.5. The molecule has 2 aliphatic rings. The number of carbonyl (C=O) groups is 1. The lowest BCUT2D eigenvalue weighted by Crippen LogP contribution is -2.34. The average Bonchev–Trinajstić information content (AvgIpc) is 2.32. The number of hydrogen-bond donors (Lipinski definition) is 0. The van der Waals surface area contributed by atoms with Crippen molar-refractivity contribution in [3.05, 3.63) is 0 Å². The zero-order valence-electron chi connectivity index (χ0n) is 10.6. The zero-order valence-corrected chi connectivity index (χ0v) is 10.6. The fourth-order valence-electron chi connectivity index (χ4n) is 3.47. The quantitative estimate of drug-likeness (QED) is 0.720. The molecule has 0 aromatic heterocycles. The Balaban J connectivity index is 1.96. The Kier molecular flexibility index (Phi) is 4.01. The molecule has 0 aliphatic heterocycles. The third kappa shape index (κ3) is 2.65. The minimum Gasteiger partial charge on any atom is -0.381 e. The van der Waals surface area contributed by atoms with Gasteiger partial charge in [-0.1, -0.05) is 13.3 Å². The van der Waals surface area contributed by atoms with Crippen molar-refractivity contribution in [2.24, 2.45) is 17.8 Å². The molecule has 2 saturated carbocycles. The van der Waals surface area contributed by atoms with Gasteiger partial charge in [0, 0.05) is 19.4 Å². The summed E-state index contributed by atoms with van der Waals surface area (Å²) in [5.41, 5.74) is 0. The van der Waals surface area contributed by atoms with E-state index in [0.717, 1.165) is 31.6 Å². The predicted octanol–water partition coefficient (Wildman–Crippen LogP) is 3.20. The molecule has 2 nitrogen and oxygen atoms in total. The highest BCUT2D eigenvalue weighted by Crippen LogP contribution is 2.38. The van der Waals surface area contributed by atoms with Crippen molar-refractivity contribution in [1.82, 2.24) is 0 Å². The Bertz CT molecular complexity index is 249. The maximum Gasteiger partial charge on any atom is 0.136 e. The second-order valence-electron chi connectivity index (χ2n) is 5.74. The number of ketones is 1. The highest BCUT2D eigenvalue weighted by molar-refractivity contribution is 5.82. The minimum absolute atomic E-state index is 0.349. The molecule has 0 N–H and O–H groups in total. The number of hydrogen-bond acceptors (Lipinski definition) is 2. The van der Waals surface area contributed by atoms with E-state index in [2.05, 4.69) is 6.92 Å². The fourth-order valence-corrected chi connectivity index (χ4v) is 3.47. The third-order valence-electron chi connectivity index (χ3n) is 4.52. The Hall–Kier alpha value is -0.370. The number of carbonyl (C=O) groups excluding carboxylic acids is 1. The van der Waals surface area contributed by atoms with Crippen LogP contribution in [0.1, 0.15) is 51.9 Å². The standard InChI is InChI=1S/C14H24O2/c1-10-6-7-14(15)13(8-10)11-4-3-5-12(9-11)16-2/h10-13H,3-9H2,1-2H3. The Labute approximate surface area is 98.7 Å². The summed E-state index contributed by atoms with van der Waals surface area (Å²) < 4.78 is 5.46. The number of ether oxygens (including phenoxy) is 1.